The van der Waals surface area contributed by atoms with Gasteiger partial charge in [-0.15, -0.1) is 24.0 Å². The van der Waals surface area contributed by atoms with Gasteiger partial charge in [0.15, 0.2) is 5.96 Å². The van der Waals surface area contributed by atoms with Gasteiger partial charge in [0.2, 0.25) is 0 Å². The van der Waals surface area contributed by atoms with Crippen molar-refractivity contribution in [2.75, 3.05) is 11.9 Å². The van der Waals surface area contributed by atoms with Gasteiger partial charge in [-0.05, 0) is 64.9 Å². The first kappa shape index (κ1) is 17.3. The molecule has 1 unspecified atom stereocenters. The summed E-state index contributed by atoms with van der Waals surface area (Å²) in [6, 6.07) is 8.64. The third-order valence-electron chi connectivity index (χ3n) is 4.02. The van der Waals surface area contributed by atoms with Gasteiger partial charge in [-0.3, -0.25) is 4.99 Å². The van der Waals surface area contributed by atoms with Gasteiger partial charge in [0, 0.05) is 18.2 Å². The van der Waals surface area contributed by atoms with Gasteiger partial charge >= 0.3 is 0 Å². The second-order valence-electron chi connectivity index (χ2n) is 5.65. The zero-order chi connectivity index (χ0) is 14.7. The lowest BCUT2D eigenvalue weighted by molar-refractivity contribution is 0.778. The standard InChI is InChI=1S/C17H21N3S.HI/c1-12(15-7-8-21-11-15)10-19-17(18)20-16-6-5-13-3-2-4-14(13)9-16;/h5-9,11-12H,2-4,10H2,1H3,(H3,18,19,20);1H. The maximum atomic E-state index is 5.99. The highest BCUT2D eigenvalue weighted by Gasteiger charge is 2.11. The molecule has 1 heterocycles. The van der Waals surface area contributed by atoms with E-state index in [4.69, 9.17) is 5.73 Å². The minimum atomic E-state index is 0. The molecule has 3 nitrogen and oxygen atoms in total. The number of nitrogens with two attached hydrogens (primary N) is 1. The molecule has 0 amide bonds. The smallest absolute Gasteiger partial charge is 0.193 e. The number of halogens is 1. The van der Waals surface area contributed by atoms with Crippen LogP contribution in [-0.4, -0.2) is 12.5 Å². The number of anilines is 1. The first-order valence-corrected chi connectivity index (χ1v) is 8.37. The molecule has 1 aliphatic rings. The van der Waals surface area contributed by atoms with Crippen LogP contribution in [0.3, 0.4) is 0 Å². The van der Waals surface area contributed by atoms with E-state index in [1.807, 2.05) is 0 Å². The molecular formula is C17H22IN3S. The van der Waals surface area contributed by atoms with Gasteiger partial charge in [-0.25, -0.2) is 0 Å². The Hall–Kier alpha value is -1.08. The number of thiophene rings is 1. The maximum absolute atomic E-state index is 5.99. The summed E-state index contributed by atoms with van der Waals surface area (Å²) in [5, 5.41) is 7.47. The molecule has 1 atom stereocenters. The molecule has 3 rings (SSSR count). The van der Waals surface area contributed by atoms with Crippen molar-refractivity contribution in [3.05, 3.63) is 51.7 Å². The van der Waals surface area contributed by atoms with Crippen LogP contribution in [0.5, 0.6) is 0 Å². The third-order valence-corrected chi connectivity index (χ3v) is 4.72. The minimum Gasteiger partial charge on any atom is -0.370 e. The first-order chi connectivity index (χ1) is 10.2. The van der Waals surface area contributed by atoms with E-state index in [2.05, 4.69) is 52.3 Å². The molecule has 0 bridgehead atoms. The largest absolute Gasteiger partial charge is 0.370 e. The second-order valence-corrected chi connectivity index (χ2v) is 6.43. The number of rotatable bonds is 4. The van der Waals surface area contributed by atoms with Gasteiger partial charge in [-0.1, -0.05) is 13.0 Å². The Kier molecular flexibility index (Phi) is 6.26. The van der Waals surface area contributed by atoms with Crippen LogP contribution in [0.2, 0.25) is 0 Å². The Balaban J connectivity index is 0.00000176. The molecule has 1 aromatic carbocycles. The predicted octanol–water partition coefficient (Wildman–Crippen LogP) is 4.39. The van der Waals surface area contributed by atoms with Crippen molar-refractivity contribution in [2.24, 2.45) is 10.7 Å². The van der Waals surface area contributed by atoms with Crippen molar-refractivity contribution >= 4 is 47.0 Å². The second kappa shape index (κ2) is 7.97. The molecule has 5 heteroatoms. The molecule has 0 fully saturated rings. The monoisotopic (exact) mass is 427 g/mol. The fraction of sp³-hybridized carbons (Fsp3) is 0.353. The summed E-state index contributed by atoms with van der Waals surface area (Å²) in [5.74, 6) is 0.895. The Morgan fingerprint density at radius 3 is 2.91 bits per heavy atom. The number of benzene rings is 1. The maximum Gasteiger partial charge on any atom is 0.193 e. The van der Waals surface area contributed by atoms with Gasteiger partial charge < -0.3 is 11.1 Å². The van der Waals surface area contributed by atoms with E-state index < -0.39 is 0 Å². The highest BCUT2D eigenvalue weighted by Crippen LogP contribution is 2.24. The van der Waals surface area contributed by atoms with Gasteiger partial charge in [0.1, 0.15) is 0 Å². The Labute approximate surface area is 153 Å². The number of fused-ring (bicyclic) bond motifs is 1. The Morgan fingerprint density at radius 2 is 2.14 bits per heavy atom. The van der Waals surface area contributed by atoms with Crippen LogP contribution in [0.1, 0.15) is 36.0 Å². The van der Waals surface area contributed by atoms with Gasteiger partial charge in [0.25, 0.3) is 0 Å². The summed E-state index contributed by atoms with van der Waals surface area (Å²) in [6.45, 7) is 2.88. The number of nitrogens with one attached hydrogen (secondary N) is 1. The highest BCUT2D eigenvalue weighted by atomic mass is 127. The lowest BCUT2D eigenvalue weighted by Crippen LogP contribution is -2.23. The fourth-order valence-corrected chi connectivity index (χ4v) is 3.52. The predicted molar refractivity (Wildman–Crippen MR) is 107 cm³/mol. The van der Waals surface area contributed by atoms with E-state index >= 15 is 0 Å². The van der Waals surface area contributed by atoms with Crippen LogP contribution >= 0.6 is 35.3 Å². The van der Waals surface area contributed by atoms with Crippen molar-refractivity contribution in [1.29, 1.82) is 0 Å². The average molecular weight is 427 g/mol. The van der Waals surface area contributed by atoms with Crippen LogP contribution in [0.4, 0.5) is 5.69 Å². The topological polar surface area (TPSA) is 50.4 Å². The summed E-state index contributed by atoms with van der Waals surface area (Å²) in [5.41, 5.74) is 11.3. The summed E-state index contributed by atoms with van der Waals surface area (Å²) in [7, 11) is 0. The summed E-state index contributed by atoms with van der Waals surface area (Å²) in [6.07, 6.45) is 3.65. The highest BCUT2D eigenvalue weighted by molar-refractivity contribution is 14.0. The number of hydrogen-bond acceptors (Lipinski definition) is 2. The lowest BCUT2D eigenvalue weighted by Gasteiger charge is -2.10. The third kappa shape index (κ3) is 4.23. The summed E-state index contributed by atoms with van der Waals surface area (Å²) < 4.78 is 0. The van der Waals surface area contributed by atoms with Crippen molar-refractivity contribution in [2.45, 2.75) is 32.1 Å². The van der Waals surface area contributed by atoms with E-state index in [0.29, 0.717) is 18.4 Å². The normalized spacial score (nSPS) is 15.0. The van der Waals surface area contributed by atoms with E-state index in [1.54, 1.807) is 11.3 Å². The molecule has 1 aromatic heterocycles. The number of guanidine groups is 1. The van der Waals surface area contributed by atoms with Gasteiger partial charge in [-0.2, -0.15) is 11.3 Å². The zero-order valence-electron chi connectivity index (χ0n) is 12.7. The number of aliphatic imine (C=N–C) groups is 1. The van der Waals surface area contributed by atoms with Crippen molar-refractivity contribution in [3.8, 4) is 0 Å². The van der Waals surface area contributed by atoms with Crippen LogP contribution < -0.4 is 11.1 Å². The fourth-order valence-electron chi connectivity index (χ4n) is 2.73. The van der Waals surface area contributed by atoms with E-state index in [1.165, 1.54) is 36.0 Å². The summed E-state index contributed by atoms with van der Waals surface area (Å²) in [4.78, 5) is 4.46. The molecule has 0 aliphatic heterocycles. The van der Waals surface area contributed by atoms with Gasteiger partial charge in [0.05, 0.1) is 0 Å². The number of aryl methyl sites for hydroxylation is 2. The molecular weight excluding hydrogens is 405 g/mol. The van der Waals surface area contributed by atoms with Crippen LogP contribution in [0.25, 0.3) is 0 Å². The molecule has 22 heavy (non-hydrogen) atoms. The first-order valence-electron chi connectivity index (χ1n) is 7.43. The van der Waals surface area contributed by atoms with Crippen LogP contribution in [0.15, 0.2) is 40.0 Å². The molecule has 2 aromatic rings. The van der Waals surface area contributed by atoms with Crippen molar-refractivity contribution in [3.63, 3.8) is 0 Å². The lowest BCUT2D eigenvalue weighted by atomic mass is 10.1. The molecule has 3 N–H and O–H groups in total. The Morgan fingerprint density at radius 1 is 1.32 bits per heavy atom. The van der Waals surface area contributed by atoms with E-state index in [9.17, 15) is 0 Å². The molecule has 118 valence electrons. The van der Waals surface area contributed by atoms with Crippen molar-refractivity contribution in [1.82, 2.24) is 0 Å². The molecule has 0 spiro atoms. The zero-order valence-corrected chi connectivity index (χ0v) is 15.9. The average Bonchev–Trinajstić information content (AvgIpc) is 3.15. The minimum absolute atomic E-state index is 0. The molecule has 0 saturated heterocycles. The van der Waals surface area contributed by atoms with Crippen LogP contribution in [0, 0.1) is 0 Å². The number of hydrogen-bond donors (Lipinski definition) is 2. The van der Waals surface area contributed by atoms with E-state index in [0.717, 1.165) is 5.69 Å². The molecule has 0 saturated carbocycles. The summed E-state index contributed by atoms with van der Waals surface area (Å²) >= 11 is 1.72. The quantitative estimate of drug-likeness (QED) is 0.432. The SMILES string of the molecule is CC(CN=C(N)Nc1ccc2c(c1)CCC2)c1ccsc1.I. The van der Waals surface area contributed by atoms with E-state index in [-0.39, 0.29) is 24.0 Å². The van der Waals surface area contributed by atoms with Crippen LogP contribution in [-0.2, 0) is 12.8 Å². The molecule has 0 radical (unpaired) electrons. The number of nitrogens with zero attached hydrogens (tertiary/aromatic N) is 1. The Bertz CT molecular complexity index is 637. The van der Waals surface area contributed by atoms with Crippen molar-refractivity contribution < 1.29 is 0 Å². The molecule has 1 aliphatic carbocycles.